The van der Waals surface area contributed by atoms with E-state index in [1.165, 1.54) is 5.56 Å². The minimum atomic E-state index is -0.800. The highest BCUT2D eigenvalue weighted by atomic mass is 16.4. The molecule has 2 atom stereocenters. The lowest BCUT2D eigenvalue weighted by atomic mass is 10.0. The quantitative estimate of drug-likeness (QED) is 0.866. The largest absolute Gasteiger partial charge is 0.481 e. The summed E-state index contributed by atoms with van der Waals surface area (Å²) in [5, 5.41) is 12.0. The van der Waals surface area contributed by atoms with Gasteiger partial charge in [-0.2, -0.15) is 0 Å². The molecule has 0 aromatic heterocycles. The average Bonchev–Trinajstić information content (AvgIpc) is 2.85. The van der Waals surface area contributed by atoms with E-state index in [9.17, 15) is 9.59 Å². The van der Waals surface area contributed by atoms with Gasteiger partial charge < -0.3 is 10.4 Å². The zero-order valence-electron chi connectivity index (χ0n) is 11.8. The summed E-state index contributed by atoms with van der Waals surface area (Å²) >= 11 is 0. The molecule has 0 aliphatic heterocycles. The smallest absolute Gasteiger partial charge is 0.308 e. The molecular weight excluding hydrogens is 254 g/mol. The summed E-state index contributed by atoms with van der Waals surface area (Å²) in [4.78, 5) is 23.0. The van der Waals surface area contributed by atoms with Crippen molar-refractivity contribution in [2.24, 2.45) is 5.92 Å². The molecule has 0 radical (unpaired) electrons. The van der Waals surface area contributed by atoms with Crippen molar-refractivity contribution in [2.75, 3.05) is 0 Å². The number of benzene rings is 1. The number of amides is 1. The summed E-state index contributed by atoms with van der Waals surface area (Å²) in [5.41, 5.74) is 2.32. The molecule has 0 bridgehead atoms. The molecule has 1 aromatic rings. The van der Waals surface area contributed by atoms with Gasteiger partial charge in [0.05, 0.1) is 5.92 Å². The first kappa shape index (κ1) is 14.6. The third-order valence-corrected chi connectivity index (χ3v) is 3.90. The van der Waals surface area contributed by atoms with Crippen LogP contribution in [0.1, 0.15) is 36.8 Å². The Hall–Kier alpha value is -1.84. The van der Waals surface area contributed by atoms with Crippen molar-refractivity contribution < 1.29 is 14.7 Å². The number of aryl methyl sites for hydroxylation is 2. The third kappa shape index (κ3) is 3.83. The average molecular weight is 275 g/mol. The maximum atomic E-state index is 11.9. The molecule has 2 N–H and O–H groups in total. The number of rotatable bonds is 5. The first-order valence-corrected chi connectivity index (χ1v) is 7.14. The van der Waals surface area contributed by atoms with Gasteiger partial charge in [0.15, 0.2) is 0 Å². The normalized spacial score (nSPS) is 21.6. The van der Waals surface area contributed by atoms with E-state index in [1.54, 1.807) is 0 Å². The molecule has 20 heavy (non-hydrogen) atoms. The number of nitrogens with one attached hydrogen (secondary N) is 1. The van der Waals surface area contributed by atoms with Crippen LogP contribution in [0, 0.1) is 12.8 Å². The van der Waals surface area contributed by atoms with Crippen molar-refractivity contribution in [3.63, 3.8) is 0 Å². The third-order valence-electron chi connectivity index (χ3n) is 3.90. The van der Waals surface area contributed by atoms with Crippen molar-refractivity contribution in [3.05, 3.63) is 35.4 Å². The second-order valence-electron chi connectivity index (χ2n) is 5.54. The van der Waals surface area contributed by atoms with Crippen molar-refractivity contribution in [1.29, 1.82) is 0 Å². The fourth-order valence-electron chi connectivity index (χ4n) is 2.83. The molecule has 4 heteroatoms. The van der Waals surface area contributed by atoms with Crippen LogP contribution in [0.15, 0.2) is 24.3 Å². The molecule has 4 nitrogen and oxygen atoms in total. The number of carbonyl (C=O) groups is 2. The SMILES string of the molecule is Cc1cccc(CCC(=O)NC2CCCC2C(=O)O)c1. The second-order valence-corrected chi connectivity index (χ2v) is 5.54. The van der Waals surface area contributed by atoms with Gasteiger partial charge in [-0.25, -0.2) is 0 Å². The molecule has 0 saturated heterocycles. The molecule has 2 unspecified atom stereocenters. The highest BCUT2D eigenvalue weighted by Gasteiger charge is 2.33. The lowest BCUT2D eigenvalue weighted by molar-refractivity contribution is -0.142. The number of carbonyl (C=O) groups excluding carboxylic acids is 1. The summed E-state index contributed by atoms with van der Waals surface area (Å²) in [6.45, 7) is 2.03. The molecule has 1 fully saturated rings. The standard InChI is InChI=1S/C16H21NO3/c1-11-4-2-5-12(10-11)8-9-15(18)17-14-7-3-6-13(14)16(19)20/h2,4-5,10,13-14H,3,6-9H2,1H3,(H,17,18)(H,19,20). The first-order valence-electron chi connectivity index (χ1n) is 7.14. The van der Waals surface area contributed by atoms with Gasteiger partial charge in [0, 0.05) is 12.5 Å². The fraction of sp³-hybridized carbons (Fsp3) is 0.500. The Morgan fingerprint density at radius 3 is 2.85 bits per heavy atom. The van der Waals surface area contributed by atoms with Crippen LogP contribution in [0.4, 0.5) is 0 Å². The van der Waals surface area contributed by atoms with Gasteiger partial charge in [0.1, 0.15) is 0 Å². The number of carboxylic acid groups (broad SMARTS) is 1. The highest BCUT2D eigenvalue weighted by Crippen LogP contribution is 2.25. The Balaban J connectivity index is 1.82. The zero-order valence-corrected chi connectivity index (χ0v) is 11.8. The molecule has 2 rings (SSSR count). The molecule has 1 aromatic carbocycles. The Kier molecular flexibility index (Phi) is 4.77. The molecule has 0 heterocycles. The van der Waals surface area contributed by atoms with Gasteiger partial charge in [-0.05, 0) is 31.7 Å². The maximum absolute atomic E-state index is 11.9. The lowest BCUT2D eigenvalue weighted by Gasteiger charge is -2.17. The number of carboxylic acids is 1. The molecule has 1 saturated carbocycles. The Morgan fingerprint density at radius 1 is 1.35 bits per heavy atom. The predicted octanol–water partition coefficient (Wildman–Crippen LogP) is 2.30. The predicted molar refractivity (Wildman–Crippen MR) is 76.4 cm³/mol. The van der Waals surface area contributed by atoms with Crippen LogP contribution < -0.4 is 5.32 Å². The molecule has 0 spiro atoms. The van der Waals surface area contributed by atoms with E-state index < -0.39 is 11.9 Å². The summed E-state index contributed by atoms with van der Waals surface area (Å²) in [7, 11) is 0. The van der Waals surface area contributed by atoms with Crippen molar-refractivity contribution >= 4 is 11.9 Å². The van der Waals surface area contributed by atoms with Gasteiger partial charge >= 0.3 is 5.97 Å². The van der Waals surface area contributed by atoms with Crippen LogP contribution in [-0.4, -0.2) is 23.0 Å². The maximum Gasteiger partial charge on any atom is 0.308 e. The Labute approximate surface area is 119 Å². The van der Waals surface area contributed by atoms with Gasteiger partial charge in [0.2, 0.25) is 5.91 Å². The van der Waals surface area contributed by atoms with Crippen LogP contribution in [0.3, 0.4) is 0 Å². The van der Waals surface area contributed by atoms with Crippen molar-refractivity contribution in [2.45, 2.75) is 45.1 Å². The molecule has 1 aliphatic rings. The van der Waals surface area contributed by atoms with Crippen LogP contribution >= 0.6 is 0 Å². The second kappa shape index (κ2) is 6.55. The van der Waals surface area contributed by atoms with E-state index >= 15 is 0 Å². The minimum Gasteiger partial charge on any atom is -0.481 e. The van der Waals surface area contributed by atoms with E-state index in [4.69, 9.17) is 5.11 Å². The highest BCUT2D eigenvalue weighted by molar-refractivity contribution is 5.78. The van der Waals surface area contributed by atoms with E-state index in [0.717, 1.165) is 18.4 Å². The summed E-state index contributed by atoms with van der Waals surface area (Å²) < 4.78 is 0. The Morgan fingerprint density at radius 2 is 2.15 bits per heavy atom. The number of hydrogen-bond donors (Lipinski definition) is 2. The zero-order chi connectivity index (χ0) is 14.5. The van der Waals surface area contributed by atoms with Gasteiger partial charge in [0.25, 0.3) is 0 Å². The summed E-state index contributed by atoms with van der Waals surface area (Å²) in [6.07, 6.45) is 3.41. The first-order chi connectivity index (χ1) is 9.56. The van der Waals surface area contributed by atoms with Crippen LogP contribution in [0.2, 0.25) is 0 Å². The monoisotopic (exact) mass is 275 g/mol. The molecule has 1 amide bonds. The molecule has 1 aliphatic carbocycles. The summed E-state index contributed by atoms with van der Waals surface area (Å²) in [5.74, 6) is -1.27. The topological polar surface area (TPSA) is 66.4 Å². The van der Waals surface area contributed by atoms with Crippen molar-refractivity contribution in [3.8, 4) is 0 Å². The van der Waals surface area contributed by atoms with Crippen LogP contribution in [0.5, 0.6) is 0 Å². The Bertz CT molecular complexity index is 498. The van der Waals surface area contributed by atoms with E-state index in [2.05, 4.69) is 11.4 Å². The van der Waals surface area contributed by atoms with E-state index in [-0.39, 0.29) is 11.9 Å². The van der Waals surface area contributed by atoms with Gasteiger partial charge in [-0.3, -0.25) is 9.59 Å². The van der Waals surface area contributed by atoms with Gasteiger partial charge in [-0.1, -0.05) is 36.2 Å². The summed E-state index contributed by atoms with van der Waals surface area (Å²) in [6, 6.07) is 7.90. The van der Waals surface area contributed by atoms with Crippen LogP contribution in [-0.2, 0) is 16.0 Å². The minimum absolute atomic E-state index is 0.0512. The number of hydrogen-bond acceptors (Lipinski definition) is 2. The van der Waals surface area contributed by atoms with E-state index in [0.29, 0.717) is 19.3 Å². The molecular formula is C16H21NO3. The molecule has 108 valence electrons. The van der Waals surface area contributed by atoms with Crippen molar-refractivity contribution in [1.82, 2.24) is 5.32 Å². The van der Waals surface area contributed by atoms with Crippen LogP contribution in [0.25, 0.3) is 0 Å². The van der Waals surface area contributed by atoms with E-state index in [1.807, 2.05) is 25.1 Å². The lowest BCUT2D eigenvalue weighted by Crippen LogP contribution is -2.40. The number of aliphatic carboxylic acids is 1. The van der Waals surface area contributed by atoms with Gasteiger partial charge in [-0.15, -0.1) is 0 Å². The fourth-order valence-corrected chi connectivity index (χ4v) is 2.83.